The van der Waals surface area contributed by atoms with Crippen molar-refractivity contribution in [3.05, 3.63) is 34.4 Å². The first-order valence-corrected chi connectivity index (χ1v) is 7.75. The Hall–Kier alpha value is -1.51. The van der Waals surface area contributed by atoms with E-state index in [1.54, 1.807) is 0 Å². The van der Waals surface area contributed by atoms with Crippen molar-refractivity contribution in [1.82, 2.24) is 4.31 Å². The molecule has 1 heterocycles. The molecule has 0 N–H and O–H groups in total. The molecule has 1 atom stereocenters. The molecule has 0 radical (unpaired) electrons. The van der Waals surface area contributed by atoms with Crippen LogP contribution in [0.2, 0.25) is 0 Å². The van der Waals surface area contributed by atoms with Crippen molar-refractivity contribution in [2.75, 3.05) is 19.8 Å². The second kappa shape index (κ2) is 5.86. The molecule has 0 aromatic heterocycles. The number of morpholine rings is 1. The maximum Gasteiger partial charge on any atom is 0.289 e. The maximum absolute atomic E-state index is 12.6. The first-order chi connectivity index (χ1) is 9.48. The summed E-state index contributed by atoms with van der Waals surface area (Å²) in [6.45, 7) is 2.70. The molecule has 0 spiro atoms. The van der Waals surface area contributed by atoms with Crippen LogP contribution < -0.4 is 0 Å². The van der Waals surface area contributed by atoms with Gasteiger partial charge in [-0.1, -0.05) is 19.1 Å². The molecule has 0 aliphatic carbocycles. The van der Waals surface area contributed by atoms with Crippen LogP contribution in [0.5, 0.6) is 0 Å². The van der Waals surface area contributed by atoms with Gasteiger partial charge in [-0.05, 0) is 12.5 Å². The fraction of sp³-hybridized carbons (Fsp3) is 0.500. The third-order valence-corrected chi connectivity index (χ3v) is 5.29. The summed E-state index contributed by atoms with van der Waals surface area (Å²) in [5.74, 6) is 0. The lowest BCUT2D eigenvalue weighted by Gasteiger charge is -2.33. The van der Waals surface area contributed by atoms with Gasteiger partial charge in [0.2, 0.25) is 10.0 Å². The highest BCUT2D eigenvalue weighted by Crippen LogP contribution is 2.28. The molecular weight excluding hydrogens is 284 g/mol. The Bertz CT molecular complexity index is 602. The third-order valence-electron chi connectivity index (χ3n) is 3.29. The summed E-state index contributed by atoms with van der Waals surface area (Å²) in [6.07, 6.45) is 0.597. The highest BCUT2D eigenvalue weighted by Gasteiger charge is 2.36. The summed E-state index contributed by atoms with van der Waals surface area (Å²) in [7, 11) is -3.89. The molecule has 2 rings (SSSR count). The van der Waals surface area contributed by atoms with Gasteiger partial charge < -0.3 is 4.74 Å². The normalized spacial score (nSPS) is 20.8. The molecule has 1 aliphatic heterocycles. The largest absolute Gasteiger partial charge is 0.378 e. The zero-order valence-corrected chi connectivity index (χ0v) is 11.9. The summed E-state index contributed by atoms with van der Waals surface area (Å²) < 4.78 is 31.9. The van der Waals surface area contributed by atoms with E-state index in [-0.39, 0.29) is 17.5 Å². The summed E-state index contributed by atoms with van der Waals surface area (Å²) in [5.41, 5.74) is -0.395. The standard InChI is InChI=1S/C12H16N2O5S/c1-2-10-9-19-8-7-13(10)20(17,18)12-6-4-3-5-11(12)14(15)16/h3-6,10H,2,7-9H2,1H3/t10-/m0/s1. The molecule has 1 aromatic carbocycles. The Balaban J connectivity index is 2.47. The molecular formula is C12H16N2O5S. The van der Waals surface area contributed by atoms with Crippen LogP contribution in [-0.4, -0.2) is 43.4 Å². The van der Waals surface area contributed by atoms with Crippen LogP contribution in [-0.2, 0) is 14.8 Å². The molecule has 1 aliphatic rings. The Kier molecular flexibility index (Phi) is 4.36. The predicted octanol–water partition coefficient (Wildman–Crippen LogP) is 1.39. The first kappa shape index (κ1) is 14.9. The van der Waals surface area contributed by atoms with E-state index in [9.17, 15) is 18.5 Å². The number of hydrogen-bond donors (Lipinski definition) is 0. The van der Waals surface area contributed by atoms with Crippen LogP contribution in [0.3, 0.4) is 0 Å². The van der Waals surface area contributed by atoms with E-state index < -0.39 is 20.6 Å². The molecule has 0 bridgehead atoms. The molecule has 0 saturated carbocycles. The van der Waals surface area contributed by atoms with E-state index in [1.807, 2.05) is 6.92 Å². The fourth-order valence-corrected chi connectivity index (χ4v) is 4.06. The smallest absolute Gasteiger partial charge is 0.289 e. The number of benzene rings is 1. The average Bonchev–Trinajstić information content (AvgIpc) is 2.47. The van der Waals surface area contributed by atoms with Crippen molar-refractivity contribution in [1.29, 1.82) is 0 Å². The second-order valence-electron chi connectivity index (χ2n) is 4.48. The monoisotopic (exact) mass is 300 g/mol. The zero-order valence-electron chi connectivity index (χ0n) is 11.1. The Labute approximate surface area is 117 Å². The molecule has 0 amide bonds. The van der Waals surface area contributed by atoms with E-state index in [4.69, 9.17) is 4.74 Å². The number of rotatable bonds is 4. The summed E-state index contributed by atoms with van der Waals surface area (Å²) >= 11 is 0. The second-order valence-corrected chi connectivity index (χ2v) is 6.34. The van der Waals surface area contributed by atoms with Crippen molar-refractivity contribution in [3.63, 3.8) is 0 Å². The van der Waals surface area contributed by atoms with Crippen LogP contribution in [0.1, 0.15) is 13.3 Å². The summed E-state index contributed by atoms with van der Waals surface area (Å²) in [5, 5.41) is 11.0. The molecule has 0 unspecified atom stereocenters. The van der Waals surface area contributed by atoms with E-state index in [0.717, 1.165) is 0 Å². The molecule has 1 fully saturated rings. The molecule has 20 heavy (non-hydrogen) atoms. The number of sulfonamides is 1. The van der Waals surface area contributed by atoms with Crippen molar-refractivity contribution in [2.45, 2.75) is 24.3 Å². The van der Waals surface area contributed by atoms with Crippen LogP contribution in [0, 0.1) is 10.1 Å². The van der Waals surface area contributed by atoms with E-state index in [0.29, 0.717) is 19.6 Å². The highest BCUT2D eigenvalue weighted by molar-refractivity contribution is 7.89. The van der Waals surface area contributed by atoms with Crippen LogP contribution in [0.25, 0.3) is 0 Å². The van der Waals surface area contributed by atoms with Gasteiger partial charge >= 0.3 is 0 Å². The summed E-state index contributed by atoms with van der Waals surface area (Å²) in [4.78, 5) is 10.1. The lowest BCUT2D eigenvalue weighted by Crippen LogP contribution is -2.48. The summed E-state index contributed by atoms with van der Waals surface area (Å²) in [6, 6.07) is 5.13. The maximum atomic E-state index is 12.6. The number of ether oxygens (including phenoxy) is 1. The van der Waals surface area contributed by atoms with Crippen LogP contribution in [0.15, 0.2) is 29.2 Å². The van der Waals surface area contributed by atoms with Crippen LogP contribution in [0.4, 0.5) is 5.69 Å². The predicted molar refractivity (Wildman–Crippen MR) is 71.9 cm³/mol. The zero-order chi connectivity index (χ0) is 14.8. The van der Waals surface area contributed by atoms with Gasteiger partial charge in [-0.25, -0.2) is 8.42 Å². The van der Waals surface area contributed by atoms with Gasteiger partial charge in [0.15, 0.2) is 4.90 Å². The molecule has 8 heteroatoms. The first-order valence-electron chi connectivity index (χ1n) is 6.31. The topological polar surface area (TPSA) is 89.8 Å². The SMILES string of the molecule is CC[C@H]1COCCN1S(=O)(=O)c1ccccc1[N+](=O)[O-]. The lowest BCUT2D eigenvalue weighted by molar-refractivity contribution is -0.387. The van der Waals surface area contributed by atoms with E-state index in [2.05, 4.69) is 0 Å². The van der Waals surface area contributed by atoms with E-state index in [1.165, 1.54) is 28.6 Å². The number of nitrogens with zero attached hydrogens (tertiary/aromatic N) is 2. The highest BCUT2D eigenvalue weighted by atomic mass is 32.2. The number of para-hydroxylation sites is 1. The quantitative estimate of drug-likeness (QED) is 0.619. The fourth-order valence-electron chi connectivity index (χ4n) is 2.23. The van der Waals surface area contributed by atoms with Gasteiger partial charge in [0.25, 0.3) is 5.69 Å². The van der Waals surface area contributed by atoms with Gasteiger partial charge in [-0.15, -0.1) is 0 Å². The van der Waals surface area contributed by atoms with Gasteiger partial charge in [0.05, 0.1) is 18.1 Å². The molecule has 1 saturated heterocycles. The Morgan fingerprint density at radius 3 is 2.80 bits per heavy atom. The van der Waals surface area contributed by atoms with Crippen molar-refractivity contribution >= 4 is 15.7 Å². The number of hydrogen-bond acceptors (Lipinski definition) is 5. The minimum absolute atomic E-state index is 0.215. The van der Waals surface area contributed by atoms with Gasteiger partial charge in [-0.2, -0.15) is 4.31 Å². The van der Waals surface area contributed by atoms with Crippen molar-refractivity contribution in [3.8, 4) is 0 Å². The van der Waals surface area contributed by atoms with Gasteiger partial charge in [-0.3, -0.25) is 10.1 Å². The number of nitro groups is 1. The van der Waals surface area contributed by atoms with Gasteiger partial charge in [0.1, 0.15) is 0 Å². The molecule has 110 valence electrons. The lowest BCUT2D eigenvalue weighted by atomic mass is 10.2. The third kappa shape index (κ3) is 2.67. The number of nitro benzene ring substituents is 1. The molecule has 1 aromatic rings. The molecule has 7 nitrogen and oxygen atoms in total. The van der Waals surface area contributed by atoms with Crippen molar-refractivity contribution in [2.24, 2.45) is 0 Å². The van der Waals surface area contributed by atoms with Crippen LogP contribution >= 0.6 is 0 Å². The van der Waals surface area contributed by atoms with E-state index >= 15 is 0 Å². The minimum Gasteiger partial charge on any atom is -0.378 e. The Morgan fingerprint density at radius 1 is 1.45 bits per heavy atom. The average molecular weight is 300 g/mol. The minimum atomic E-state index is -3.89. The Morgan fingerprint density at radius 2 is 2.15 bits per heavy atom. The van der Waals surface area contributed by atoms with Gasteiger partial charge in [0, 0.05) is 18.7 Å². The van der Waals surface area contributed by atoms with Crippen molar-refractivity contribution < 1.29 is 18.1 Å².